The summed E-state index contributed by atoms with van der Waals surface area (Å²) in [7, 11) is 0. The van der Waals surface area contributed by atoms with Crippen LogP contribution in [-0.2, 0) is 4.74 Å². The van der Waals surface area contributed by atoms with Crippen molar-refractivity contribution in [1.82, 2.24) is 9.80 Å². The van der Waals surface area contributed by atoms with E-state index in [0.717, 1.165) is 52.2 Å². The Labute approximate surface area is 131 Å². The van der Waals surface area contributed by atoms with E-state index in [-0.39, 0.29) is 5.91 Å². The number of hydrogen-bond donors (Lipinski definition) is 0. The number of piperidine rings is 1. The molecule has 3 heterocycles. The molecule has 1 aromatic heterocycles. The minimum atomic E-state index is 0.117. The van der Waals surface area contributed by atoms with Gasteiger partial charge in [-0.25, -0.2) is 0 Å². The number of likely N-dealkylation sites (tertiary alicyclic amines) is 1. The third kappa shape index (κ3) is 2.36. The molecule has 120 valence electrons. The average Bonchev–Trinajstić information content (AvgIpc) is 3.09. The zero-order valence-corrected chi connectivity index (χ0v) is 13.0. The van der Waals surface area contributed by atoms with Crippen LogP contribution in [0.3, 0.4) is 0 Å². The fraction of sp³-hybridized carbons (Fsp3) is 0.706. The molecule has 2 aliphatic heterocycles. The zero-order chi connectivity index (χ0) is 15.0. The standard InChI is InChI=1S/C17H24N2O3/c20-16(14-2-10-22-13-14)19-6-4-17(5-7-19)3-1-15(17)18-8-11-21-12-9-18/h2,10,13,15H,1,3-9,11-12H2. The number of rotatable bonds is 2. The van der Waals surface area contributed by atoms with Crippen LogP contribution in [0.4, 0.5) is 0 Å². The Bertz CT molecular complexity index is 514. The van der Waals surface area contributed by atoms with Gasteiger partial charge in [-0.3, -0.25) is 9.69 Å². The van der Waals surface area contributed by atoms with Crippen LogP contribution in [0, 0.1) is 5.41 Å². The first-order chi connectivity index (χ1) is 10.8. The number of amides is 1. The van der Waals surface area contributed by atoms with Crippen molar-refractivity contribution < 1.29 is 13.9 Å². The van der Waals surface area contributed by atoms with E-state index >= 15 is 0 Å². The fourth-order valence-electron chi connectivity index (χ4n) is 4.45. The van der Waals surface area contributed by atoms with E-state index in [4.69, 9.17) is 9.15 Å². The average molecular weight is 304 g/mol. The molecule has 3 aliphatic rings. The van der Waals surface area contributed by atoms with Gasteiger partial charge in [0.25, 0.3) is 5.91 Å². The van der Waals surface area contributed by atoms with Crippen LogP contribution in [0.25, 0.3) is 0 Å². The smallest absolute Gasteiger partial charge is 0.257 e. The molecule has 4 rings (SSSR count). The van der Waals surface area contributed by atoms with Crippen LogP contribution in [0.5, 0.6) is 0 Å². The molecule has 2 saturated heterocycles. The second kappa shape index (κ2) is 5.70. The molecule has 1 spiro atoms. The Kier molecular flexibility index (Phi) is 3.70. The Hall–Kier alpha value is -1.33. The van der Waals surface area contributed by atoms with Gasteiger partial charge in [0.1, 0.15) is 6.26 Å². The molecule has 1 aliphatic carbocycles. The van der Waals surface area contributed by atoms with Gasteiger partial charge in [0.15, 0.2) is 0 Å². The molecule has 1 atom stereocenters. The normalized spacial score (nSPS) is 28.5. The summed E-state index contributed by atoms with van der Waals surface area (Å²) in [4.78, 5) is 17.0. The maximum atomic E-state index is 12.4. The second-order valence-corrected chi connectivity index (χ2v) is 6.87. The molecule has 1 saturated carbocycles. The summed E-state index contributed by atoms with van der Waals surface area (Å²) in [6.07, 6.45) is 8.03. The summed E-state index contributed by atoms with van der Waals surface area (Å²) in [6.45, 7) is 5.65. The van der Waals surface area contributed by atoms with Crippen molar-refractivity contribution in [2.24, 2.45) is 5.41 Å². The highest BCUT2D eigenvalue weighted by Crippen LogP contribution is 2.51. The van der Waals surface area contributed by atoms with Crippen LogP contribution in [-0.4, -0.2) is 61.1 Å². The maximum absolute atomic E-state index is 12.4. The van der Waals surface area contributed by atoms with Crippen LogP contribution < -0.4 is 0 Å². The number of carbonyl (C=O) groups is 1. The van der Waals surface area contributed by atoms with Crippen molar-refractivity contribution in [3.8, 4) is 0 Å². The van der Waals surface area contributed by atoms with Crippen molar-refractivity contribution in [3.63, 3.8) is 0 Å². The third-order valence-electron chi connectivity index (χ3n) is 5.92. The molecule has 0 aromatic carbocycles. The summed E-state index contributed by atoms with van der Waals surface area (Å²) in [6, 6.07) is 2.47. The van der Waals surface area contributed by atoms with Crippen molar-refractivity contribution in [1.29, 1.82) is 0 Å². The third-order valence-corrected chi connectivity index (χ3v) is 5.92. The van der Waals surface area contributed by atoms with Gasteiger partial charge in [0.05, 0.1) is 25.0 Å². The van der Waals surface area contributed by atoms with Crippen LogP contribution in [0.15, 0.2) is 23.0 Å². The van der Waals surface area contributed by atoms with Crippen molar-refractivity contribution in [3.05, 3.63) is 24.2 Å². The summed E-state index contributed by atoms with van der Waals surface area (Å²) in [5.41, 5.74) is 1.12. The van der Waals surface area contributed by atoms with E-state index in [1.807, 2.05) is 4.90 Å². The lowest BCUT2D eigenvalue weighted by atomic mass is 9.58. The summed E-state index contributed by atoms with van der Waals surface area (Å²) >= 11 is 0. The van der Waals surface area contributed by atoms with E-state index < -0.39 is 0 Å². The van der Waals surface area contributed by atoms with Gasteiger partial charge < -0.3 is 14.1 Å². The predicted molar refractivity (Wildman–Crippen MR) is 81.7 cm³/mol. The molecule has 0 radical (unpaired) electrons. The summed E-state index contributed by atoms with van der Waals surface area (Å²) in [5.74, 6) is 0.117. The molecule has 22 heavy (non-hydrogen) atoms. The second-order valence-electron chi connectivity index (χ2n) is 6.87. The molecular weight excluding hydrogens is 280 g/mol. The molecule has 3 fully saturated rings. The van der Waals surface area contributed by atoms with E-state index in [1.165, 1.54) is 12.8 Å². The molecule has 1 unspecified atom stereocenters. The first kappa shape index (κ1) is 14.3. The monoisotopic (exact) mass is 304 g/mol. The molecular formula is C17H24N2O3. The van der Waals surface area contributed by atoms with Crippen LogP contribution in [0.1, 0.15) is 36.0 Å². The summed E-state index contributed by atoms with van der Waals surface area (Å²) in [5, 5.41) is 0. The molecule has 0 bridgehead atoms. The quantitative estimate of drug-likeness (QED) is 0.838. The molecule has 5 nitrogen and oxygen atoms in total. The molecule has 1 aromatic rings. The molecule has 1 amide bonds. The lowest BCUT2D eigenvalue weighted by Crippen LogP contribution is -2.61. The van der Waals surface area contributed by atoms with Gasteiger partial charge >= 0.3 is 0 Å². The lowest BCUT2D eigenvalue weighted by Gasteiger charge is -2.58. The largest absolute Gasteiger partial charge is 0.472 e. The van der Waals surface area contributed by atoms with Crippen LogP contribution >= 0.6 is 0 Å². The van der Waals surface area contributed by atoms with Crippen LogP contribution in [0.2, 0.25) is 0 Å². The van der Waals surface area contributed by atoms with Crippen molar-refractivity contribution in [2.45, 2.75) is 31.7 Å². The minimum Gasteiger partial charge on any atom is -0.472 e. The number of furan rings is 1. The Morgan fingerprint density at radius 1 is 1.14 bits per heavy atom. The van der Waals surface area contributed by atoms with Crippen molar-refractivity contribution in [2.75, 3.05) is 39.4 Å². The number of nitrogens with zero attached hydrogens (tertiary/aromatic N) is 2. The molecule has 5 heteroatoms. The number of carbonyl (C=O) groups excluding carboxylic acids is 1. The first-order valence-corrected chi connectivity index (χ1v) is 8.42. The number of morpholine rings is 1. The van der Waals surface area contributed by atoms with Gasteiger partial charge in [-0.2, -0.15) is 0 Å². The Balaban J connectivity index is 1.38. The molecule has 0 N–H and O–H groups in total. The minimum absolute atomic E-state index is 0.117. The zero-order valence-electron chi connectivity index (χ0n) is 13.0. The van der Waals surface area contributed by atoms with E-state index in [2.05, 4.69) is 4.90 Å². The number of ether oxygens (including phenoxy) is 1. The van der Waals surface area contributed by atoms with E-state index in [9.17, 15) is 4.79 Å². The van der Waals surface area contributed by atoms with Gasteiger partial charge in [-0.15, -0.1) is 0 Å². The Morgan fingerprint density at radius 2 is 1.91 bits per heavy atom. The van der Waals surface area contributed by atoms with Gasteiger partial charge in [0.2, 0.25) is 0 Å². The Morgan fingerprint density at radius 3 is 2.50 bits per heavy atom. The van der Waals surface area contributed by atoms with Gasteiger partial charge in [0, 0.05) is 32.2 Å². The van der Waals surface area contributed by atoms with E-state index in [1.54, 1.807) is 18.6 Å². The predicted octanol–water partition coefficient (Wildman–Crippen LogP) is 2.00. The van der Waals surface area contributed by atoms with Gasteiger partial charge in [-0.1, -0.05) is 0 Å². The SMILES string of the molecule is O=C(c1ccoc1)N1CCC2(CCC2N2CCOCC2)CC1. The number of hydrogen-bond acceptors (Lipinski definition) is 4. The summed E-state index contributed by atoms with van der Waals surface area (Å²) < 4.78 is 10.5. The maximum Gasteiger partial charge on any atom is 0.257 e. The van der Waals surface area contributed by atoms with Crippen molar-refractivity contribution >= 4 is 5.91 Å². The first-order valence-electron chi connectivity index (χ1n) is 8.42. The highest BCUT2D eigenvalue weighted by atomic mass is 16.5. The van der Waals surface area contributed by atoms with Gasteiger partial charge in [-0.05, 0) is 37.2 Å². The highest BCUT2D eigenvalue weighted by molar-refractivity contribution is 5.93. The fourth-order valence-corrected chi connectivity index (χ4v) is 4.45. The van der Waals surface area contributed by atoms with E-state index in [0.29, 0.717) is 17.0 Å². The topological polar surface area (TPSA) is 45.9 Å². The highest BCUT2D eigenvalue weighted by Gasteiger charge is 2.51. The lowest BCUT2D eigenvalue weighted by molar-refractivity contribution is -0.0937.